The second kappa shape index (κ2) is 10.2. The summed E-state index contributed by atoms with van der Waals surface area (Å²) >= 11 is 0. The van der Waals surface area contributed by atoms with Gasteiger partial charge in [0, 0.05) is 12.1 Å². The van der Waals surface area contributed by atoms with E-state index >= 15 is 0 Å². The number of rotatable bonds is 10. The second-order valence-electron chi connectivity index (χ2n) is 5.07. The number of carbonyl (C=O) groups excluding carboxylic acids is 1. The highest BCUT2D eigenvalue weighted by atomic mass is 16.5. The van der Waals surface area contributed by atoms with Gasteiger partial charge < -0.3 is 15.0 Å². The van der Waals surface area contributed by atoms with Crippen molar-refractivity contribution in [2.24, 2.45) is 0 Å². The summed E-state index contributed by atoms with van der Waals surface area (Å²) < 4.78 is 5.25. The first kappa shape index (κ1) is 17.5. The van der Waals surface area contributed by atoms with Crippen molar-refractivity contribution in [3.8, 4) is 5.75 Å². The van der Waals surface area contributed by atoms with Crippen molar-refractivity contribution in [1.82, 2.24) is 10.2 Å². The predicted octanol–water partition coefficient (Wildman–Crippen LogP) is 2.48. The number of benzene rings is 1. The van der Waals surface area contributed by atoms with E-state index in [9.17, 15) is 4.79 Å². The van der Waals surface area contributed by atoms with Crippen LogP contribution in [0.25, 0.3) is 0 Å². The summed E-state index contributed by atoms with van der Waals surface area (Å²) in [6.07, 6.45) is 2.52. The molecule has 0 atom stereocenters. The van der Waals surface area contributed by atoms with Crippen molar-refractivity contribution >= 4 is 5.91 Å². The van der Waals surface area contributed by atoms with Crippen LogP contribution in [0.5, 0.6) is 5.75 Å². The molecular weight excluding hydrogens is 264 g/mol. The number of hydrogen-bond donors (Lipinski definition) is 1. The van der Waals surface area contributed by atoms with Gasteiger partial charge >= 0.3 is 0 Å². The van der Waals surface area contributed by atoms with E-state index in [-0.39, 0.29) is 5.91 Å². The van der Waals surface area contributed by atoms with Crippen molar-refractivity contribution in [3.05, 3.63) is 29.8 Å². The lowest BCUT2D eigenvalue weighted by molar-refractivity contribution is -0.120. The highest BCUT2D eigenvalue weighted by Crippen LogP contribution is 2.17. The Morgan fingerprint density at radius 1 is 1.19 bits per heavy atom. The van der Waals surface area contributed by atoms with Crippen molar-refractivity contribution in [2.75, 3.05) is 33.3 Å². The number of nitrogens with one attached hydrogen (secondary N) is 1. The van der Waals surface area contributed by atoms with Crippen molar-refractivity contribution < 1.29 is 9.53 Å². The van der Waals surface area contributed by atoms with E-state index in [1.807, 2.05) is 24.3 Å². The Morgan fingerprint density at radius 2 is 1.90 bits per heavy atom. The van der Waals surface area contributed by atoms with E-state index in [0.717, 1.165) is 50.3 Å². The number of para-hydroxylation sites is 1. The van der Waals surface area contributed by atoms with Gasteiger partial charge in [0.1, 0.15) is 5.75 Å². The maximum atomic E-state index is 11.9. The van der Waals surface area contributed by atoms with Gasteiger partial charge in [-0.15, -0.1) is 0 Å². The molecule has 0 radical (unpaired) electrons. The summed E-state index contributed by atoms with van der Waals surface area (Å²) in [5, 5.41) is 2.98. The SMILES string of the molecule is CCN(CC)CCCCNC(=O)Cc1ccccc1OC. The number of unbranched alkanes of at least 4 members (excludes halogenated alkanes) is 1. The maximum Gasteiger partial charge on any atom is 0.224 e. The van der Waals surface area contributed by atoms with Crippen LogP contribution in [0.1, 0.15) is 32.3 Å². The quantitative estimate of drug-likeness (QED) is 0.674. The second-order valence-corrected chi connectivity index (χ2v) is 5.07. The van der Waals surface area contributed by atoms with E-state index in [2.05, 4.69) is 24.1 Å². The molecule has 4 nitrogen and oxygen atoms in total. The first-order chi connectivity index (χ1) is 10.2. The lowest BCUT2D eigenvalue weighted by atomic mass is 10.1. The Kier molecular flexibility index (Phi) is 8.51. The van der Waals surface area contributed by atoms with Gasteiger partial charge in [0.2, 0.25) is 5.91 Å². The van der Waals surface area contributed by atoms with Crippen molar-refractivity contribution in [1.29, 1.82) is 0 Å². The number of amides is 1. The molecule has 1 amide bonds. The van der Waals surface area contributed by atoms with Crippen LogP contribution in [0.4, 0.5) is 0 Å². The van der Waals surface area contributed by atoms with E-state index in [1.54, 1.807) is 7.11 Å². The minimum absolute atomic E-state index is 0.0577. The molecule has 0 aromatic heterocycles. The van der Waals surface area contributed by atoms with Gasteiger partial charge in [0.05, 0.1) is 13.5 Å². The zero-order chi connectivity index (χ0) is 15.5. The van der Waals surface area contributed by atoms with E-state index in [0.29, 0.717) is 6.42 Å². The molecule has 0 saturated carbocycles. The Hall–Kier alpha value is -1.55. The first-order valence-electron chi connectivity index (χ1n) is 7.82. The van der Waals surface area contributed by atoms with Crippen LogP contribution in [-0.4, -0.2) is 44.1 Å². The normalized spacial score (nSPS) is 10.7. The predicted molar refractivity (Wildman–Crippen MR) is 86.7 cm³/mol. The highest BCUT2D eigenvalue weighted by molar-refractivity contribution is 5.79. The molecule has 0 fully saturated rings. The van der Waals surface area contributed by atoms with Crippen LogP contribution < -0.4 is 10.1 Å². The molecule has 118 valence electrons. The van der Waals surface area contributed by atoms with Gasteiger partial charge in [0.15, 0.2) is 0 Å². The monoisotopic (exact) mass is 292 g/mol. The van der Waals surface area contributed by atoms with Crippen LogP contribution in [0, 0.1) is 0 Å². The molecular formula is C17H28N2O2. The molecule has 0 bridgehead atoms. The third kappa shape index (κ3) is 6.63. The topological polar surface area (TPSA) is 41.6 Å². The molecule has 4 heteroatoms. The summed E-state index contributed by atoms with van der Waals surface area (Å²) in [7, 11) is 1.63. The van der Waals surface area contributed by atoms with Crippen LogP contribution in [0.2, 0.25) is 0 Å². The number of methoxy groups -OCH3 is 1. The molecule has 0 aliphatic carbocycles. The number of hydrogen-bond acceptors (Lipinski definition) is 3. The molecule has 21 heavy (non-hydrogen) atoms. The van der Waals surface area contributed by atoms with Gasteiger partial charge in [-0.05, 0) is 38.5 Å². The van der Waals surface area contributed by atoms with Crippen LogP contribution in [0.15, 0.2) is 24.3 Å². The van der Waals surface area contributed by atoms with Gasteiger partial charge in [-0.25, -0.2) is 0 Å². The molecule has 1 N–H and O–H groups in total. The third-order valence-electron chi connectivity index (χ3n) is 3.66. The summed E-state index contributed by atoms with van der Waals surface area (Å²) in [5.74, 6) is 0.830. The molecule has 0 spiro atoms. The van der Waals surface area contributed by atoms with E-state index < -0.39 is 0 Å². The third-order valence-corrected chi connectivity index (χ3v) is 3.66. The van der Waals surface area contributed by atoms with E-state index in [1.165, 1.54) is 0 Å². The summed E-state index contributed by atoms with van der Waals surface area (Å²) in [4.78, 5) is 14.3. The van der Waals surface area contributed by atoms with Crippen molar-refractivity contribution in [2.45, 2.75) is 33.1 Å². The Bertz CT molecular complexity index is 417. The fourth-order valence-corrected chi connectivity index (χ4v) is 2.31. The molecule has 0 heterocycles. The van der Waals surface area contributed by atoms with Gasteiger partial charge in [0.25, 0.3) is 0 Å². The fourth-order valence-electron chi connectivity index (χ4n) is 2.31. The minimum Gasteiger partial charge on any atom is -0.496 e. The summed E-state index contributed by atoms with van der Waals surface area (Å²) in [5.41, 5.74) is 0.931. The summed E-state index contributed by atoms with van der Waals surface area (Å²) in [6.45, 7) is 8.40. The Morgan fingerprint density at radius 3 is 2.57 bits per heavy atom. The first-order valence-corrected chi connectivity index (χ1v) is 7.82. The fraction of sp³-hybridized carbons (Fsp3) is 0.588. The van der Waals surface area contributed by atoms with Gasteiger partial charge in [-0.3, -0.25) is 4.79 Å². The van der Waals surface area contributed by atoms with Crippen molar-refractivity contribution in [3.63, 3.8) is 0 Å². The van der Waals surface area contributed by atoms with Gasteiger partial charge in [-0.2, -0.15) is 0 Å². The van der Waals surface area contributed by atoms with Gasteiger partial charge in [-0.1, -0.05) is 32.0 Å². The zero-order valence-corrected chi connectivity index (χ0v) is 13.5. The molecule has 0 aliphatic heterocycles. The highest BCUT2D eigenvalue weighted by Gasteiger charge is 2.07. The van der Waals surface area contributed by atoms with Crippen LogP contribution >= 0.6 is 0 Å². The lowest BCUT2D eigenvalue weighted by Crippen LogP contribution is -2.28. The van der Waals surface area contributed by atoms with Crippen LogP contribution in [0.3, 0.4) is 0 Å². The lowest BCUT2D eigenvalue weighted by Gasteiger charge is -2.17. The number of ether oxygens (including phenoxy) is 1. The Balaban J connectivity index is 2.22. The minimum atomic E-state index is 0.0577. The molecule has 0 aliphatic rings. The number of nitrogens with zero attached hydrogens (tertiary/aromatic N) is 1. The maximum absolute atomic E-state index is 11.9. The average molecular weight is 292 g/mol. The molecule has 0 saturated heterocycles. The zero-order valence-electron chi connectivity index (χ0n) is 13.5. The van der Waals surface area contributed by atoms with Crippen LogP contribution in [-0.2, 0) is 11.2 Å². The van der Waals surface area contributed by atoms with E-state index in [4.69, 9.17) is 4.74 Å². The Labute approximate surface area is 128 Å². The average Bonchev–Trinajstić information content (AvgIpc) is 2.51. The smallest absolute Gasteiger partial charge is 0.224 e. The molecule has 1 rings (SSSR count). The number of carbonyl (C=O) groups is 1. The molecule has 1 aromatic rings. The summed E-state index contributed by atoms with van der Waals surface area (Å²) in [6, 6.07) is 7.65. The largest absolute Gasteiger partial charge is 0.496 e. The standard InChI is InChI=1S/C17H28N2O2/c1-4-19(5-2)13-9-8-12-18-17(20)14-15-10-6-7-11-16(15)21-3/h6-7,10-11H,4-5,8-9,12-14H2,1-3H3,(H,18,20). The molecule has 1 aromatic carbocycles. The molecule has 0 unspecified atom stereocenters.